The van der Waals surface area contributed by atoms with E-state index in [0.29, 0.717) is 0 Å². The number of anilines is 1. The Morgan fingerprint density at radius 3 is 2.17 bits per heavy atom. The Bertz CT molecular complexity index is 782. The molecule has 118 valence electrons. The summed E-state index contributed by atoms with van der Waals surface area (Å²) in [6, 6.07) is 12.8. The number of carbonyl (C=O) groups is 1. The summed E-state index contributed by atoms with van der Waals surface area (Å²) in [5, 5.41) is 1.69. The van der Waals surface area contributed by atoms with Gasteiger partial charge in [0.15, 0.2) is 0 Å². The van der Waals surface area contributed by atoms with Crippen molar-refractivity contribution in [3.8, 4) is 0 Å². The van der Waals surface area contributed by atoms with Crippen LogP contribution < -0.4 is 4.90 Å². The van der Waals surface area contributed by atoms with Gasteiger partial charge in [0, 0.05) is 23.4 Å². The Balaban J connectivity index is 1.85. The lowest BCUT2D eigenvalue weighted by atomic mass is 9.79. The van der Waals surface area contributed by atoms with Crippen LogP contribution in [0.15, 0.2) is 36.4 Å². The lowest BCUT2D eigenvalue weighted by Crippen LogP contribution is -2.39. The molecule has 0 aromatic heterocycles. The first-order valence-corrected chi connectivity index (χ1v) is 9.98. The van der Waals surface area contributed by atoms with Gasteiger partial charge in [-0.15, -0.1) is 0 Å². The summed E-state index contributed by atoms with van der Waals surface area (Å²) in [4.78, 5) is 14.9. The summed E-state index contributed by atoms with van der Waals surface area (Å²) >= 11 is 7.17. The highest BCUT2D eigenvalue weighted by Gasteiger charge is 2.52. The molecule has 1 spiro atoms. The van der Waals surface area contributed by atoms with Gasteiger partial charge in [-0.05, 0) is 46.7 Å². The van der Waals surface area contributed by atoms with Crippen LogP contribution in [-0.4, -0.2) is 13.0 Å². The Kier molecular flexibility index (Phi) is 3.65. The molecule has 1 heterocycles. The van der Waals surface area contributed by atoms with Gasteiger partial charge < -0.3 is 4.90 Å². The highest BCUT2D eigenvalue weighted by molar-refractivity contribution is 9.09. The van der Waals surface area contributed by atoms with Gasteiger partial charge in [0.1, 0.15) is 0 Å². The fourth-order valence-corrected chi connectivity index (χ4v) is 5.18. The summed E-state index contributed by atoms with van der Waals surface area (Å²) in [5.74, 6) is 0.232. The van der Waals surface area contributed by atoms with Crippen molar-refractivity contribution in [2.24, 2.45) is 0 Å². The number of fused-ring (bicyclic) bond motifs is 3. The molecular weight excluding hydrogens is 418 g/mol. The molecular formula is C19H17Br2NO. The molecule has 4 heteroatoms. The van der Waals surface area contributed by atoms with E-state index < -0.39 is 5.41 Å². The van der Waals surface area contributed by atoms with E-state index in [9.17, 15) is 4.79 Å². The Labute approximate surface area is 153 Å². The van der Waals surface area contributed by atoms with Crippen molar-refractivity contribution in [2.75, 3.05) is 11.9 Å². The van der Waals surface area contributed by atoms with Crippen molar-refractivity contribution in [3.63, 3.8) is 0 Å². The molecule has 0 saturated carbocycles. The number of para-hydroxylation sites is 1. The molecule has 1 aliphatic carbocycles. The Morgan fingerprint density at radius 1 is 1.04 bits per heavy atom. The molecule has 4 rings (SSSR count). The Hall–Kier alpha value is -1.13. The van der Waals surface area contributed by atoms with Crippen LogP contribution in [-0.2, 0) is 33.7 Å². The van der Waals surface area contributed by atoms with Crippen LogP contribution in [0.3, 0.4) is 0 Å². The topological polar surface area (TPSA) is 20.3 Å². The second-order valence-corrected chi connectivity index (χ2v) is 7.60. The average Bonchev–Trinajstić information content (AvgIpc) is 3.06. The lowest BCUT2D eigenvalue weighted by molar-refractivity contribution is -0.122. The highest BCUT2D eigenvalue weighted by Crippen LogP contribution is 2.49. The number of amides is 1. The third-order valence-electron chi connectivity index (χ3n) is 5.29. The summed E-state index contributed by atoms with van der Waals surface area (Å²) < 4.78 is 0. The molecule has 0 atom stereocenters. The van der Waals surface area contributed by atoms with Crippen LogP contribution >= 0.6 is 31.9 Å². The average molecular weight is 435 g/mol. The highest BCUT2D eigenvalue weighted by atomic mass is 79.9. The predicted octanol–water partition coefficient (Wildman–Crippen LogP) is 4.49. The van der Waals surface area contributed by atoms with Crippen LogP contribution in [0.1, 0.15) is 27.8 Å². The van der Waals surface area contributed by atoms with Crippen molar-refractivity contribution in [3.05, 3.63) is 64.2 Å². The standard InChI is InChI=1S/C19H17Br2NO/c1-22-17-5-3-2-4-16(17)19(18(22)23)8-12-6-14(10-20)15(11-21)7-13(12)9-19/h2-7H,8-11H2,1H3. The molecule has 0 radical (unpaired) electrons. The maximum atomic E-state index is 13.1. The van der Waals surface area contributed by atoms with E-state index in [1.165, 1.54) is 27.8 Å². The zero-order chi connectivity index (χ0) is 16.2. The molecule has 0 saturated heterocycles. The number of hydrogen-bond donors (Lipinski definition) is 0. The first-order valence-electron chi connectivity index (χ1n) is 7.74. The van der Waals surface area contributed by atoms with Gasteiger partial charge in [0.05, 0.1) is 5.41 Å². The minimum atomic E-state index is -0.401. The van der Waals surface area contributed by atoms with Crippen molar-refractivity contribution in [2.45, 2.75) is 28.9 Å². The van der Waals surface area contributed by atoms with E-state index in [-0.39, 0.29) is 5.91 Å². The zero-order valence-electron chi connectivity index (χ0n) is 12.9. The van der Waals surface area contributed by atoms with Gasteiger partial charge in [-0.2, -0.15) is 0 Å². The van der Waals surface area contributed by atoms with Gasteiger partial charge >= 0.3 is 0 Å². The predicted molar refractivity (Wildman–Crippen MR) is 101 cm³/mol. The summed E-state index contributed by atoms with van der Waals surface area (Å²) in [6.07, 6.45) is 1.62. The van der Waals surface area contributed by atoms with Gasteiger partial charge in [-0.3, -0.25) is 4.79 Å². The maximum absolute atomic E-state index is 13.1. The third-order valence-corrected chi connectivity index (χ3v) is 6.50. The van der Waals surface area contributed by atoms with Crippen molar-refractivity contribution < 1.29 is 4.79 Å². The van der Waals surface area contributed by atoms with Crippen molar-refractivity contribution in [1.82, 2.24) is 0 Å². The second kappa shape index (κ2) is 5.45. The molecule has 1 amide bonds. The number of benzene rings is 2. The third kappa shape index (κ3) is 2.07. The molecule has 23 heavy (non-hydrogen) atoms. The SMILES string of the molecule is CN1C(=O)C2(Cc3cc(CBr)c(CBr)cc3C2)c2ccccc21. The van der Waals surface area contributed by atoms with Crippen LogP contribution in [0, 0.1) is 0 Å². The quantitative estimate of drug-likeness (QED) is 0.637. The number of likely N-dealkylation sites (N-methyl/N-ethyl adjacent to an activating group) is 1. The Morgan fingerprint density at radius 2 is 1.61 bits per heavy atom. The van der Waals surface area contributed by atoms with Crippen LogP contribution in [0.25, 0.3) is 0 Å². The summed E-state index contributed by atoms with van der Waals surface area (Å²) in [5.41, 5.74) is 7.11. The molecule has 0 fully saturated rings. The first kappa shape index (κ1) is 15.4. The zero-order valence-corrected chi connectivity index (χ0v) is 16.1. The number of nitrogens with zero attached hydrogens (tertiary/aromatic N) is 1. The number of hydrogen-bond acceptors (Lipinski definition) is 1. The van der Waals surface area contributed by atoms with Crippen LogP contribution in [0.4, 0.5) is 5.69 Å². The van der Waals surface area contributed by atoms with Crippen molar-refractivity contribution in [1.29, 1.82) is 0 Å². The first-order chi connectivity index (χ1) is 11.1. The van der Waals surface area contributed by atoms with Gasteiger partial charge in [0.2, 0.25) is 5.91 Å². The number of rotatable bonds is 2. The second-order valence-electron chi connectivity index (χ2n) is 6.47. The van der Waals surface area contributed by atoms with Crippen LogP contribution in [0.2, 0.25) is 0 Å². The van der Waals surface area contributed by atoms with E-state index in [2.05, 4.69) is 56.1 Å². The fourth-order valence-electron chi connectivity index (χ4n) is 4.14. The van der Waals surface area contributed by atoms with Crippen LogP contribution in [0.5, 0.6) is 0 Å². The van der Waals surface area contributed by atoms with E-state index in [4.69, 9.17) is 0 Å². The summed E-state index contributed by atoms with van der Waals surface area (Å²) in [6.45, 7) is 0. The minimum Gasteiger partial charge on any atom is -0.314 e. The minimum absolute atomic E-state index is 0.232. The molecule has 2 nitrogen and oxygen atoms in total. The molecule has 1 aliphatic heterocycles. The van der Waals surface area contributed by atoms with E-state index in [1.54, 1.807) is 0 Å². The number of carbonyl (C=O) groups excluding carboxylic acids is 1. The lowest BCUT2D eigenvalue weighted by Gasteiger charge is -2.22. The summed E-state index contributed by atoms with van der Waals surface area (Å²) in [7, 11) is 1.90. The smallest absolute Gasteiger partial charge is 0.238 e. The maximum Gasteiger partial charge on any atom is 0.238 e. The normalized spacial score (nSPS) is 17.7. The monoisotopic (exact) mass is 433 g/mol. The molecule has 0 bridgehead atoms. The molecule has 2 aliphatic rings. The fraction of sp³-hybridized carbons (Fsp3) is 0.316. The van der Waals surface area contributed by atoms with E-state index in [1.807, 2.05) is 24.1 Å². The van der Waals surface area contributed by atoms with Crippen molar-refractivity contribution >= 4 is 43.5 Å². The number of alkyl halides is 2. The molecule has 0 unspecified atom stereocenters. The van der Waals surface area contributed by atoms with Gasteiger partial charge in [-0.25, -0.2) is 0 Å². The van der Waals surface area contributed by atoms with E-state index >= 15 is 0 Å². The van der Waals surface area contributed by atoms with E-state index in [0.717, 1.165) is 29.2 Å². The number of halogens is 2. The molecule has 0 N–H and O–H groups in total. The molecule has 2 aromatic carbocycles. The largest absolute Gasteiger partial charge is 0.314 e. The van der Waals surface area contributed by atoms with Gasteiger partial charge in [-0.1, -0.05) is 62.2 Å². The molecule has 2 aromatic rings. The van der Waals surface area contributed by atoms with Gasteiger partial charge in [0.25, 0.3) is 0 Å².